The van der Waals surface area contributed by atoms with Gasteiger partial charge in [0, 0.05) is 31.6 Å². The van der Waals surface area contributed by atoms with Gasteiger partial charge in [0.15, 0.2) is 11.5 Å². The molecule has 38 heavy (non-hydrogen) atoms. The van der Waals surface area contributed by atoms with Gasteiger partial charge >= 0.3 is 0 Å². The van der Waals surface area contributed by atoms with E-state index in [2.05, 4.69) is 22.3 Å². The van der Waals surface area contributed by atoms with E-state index in [1.807, 2.05) is 30.3 Å². The van der Waals surface area contributed by atoms with Crippen molar-refractivity contribution in [3.8, 4) is 17.2 Å². The summed E-state index contributed by atoms with van der Waals surface area (Å²) in [5, 5.41) is 3.59. The maximum Gasteiger partial charge on any atom is 0.294 e. The number of ether oxygens (including phenoxy) is 3. The van der Waals surface area contributed by atoms with Gasteiger partial charge in [0.1, 0.15) is 18.5 Å². The maximum atomic E-state index is 11.3. The molecule has 0 radical (unpaired) electrons. The van der Waals surface area contributed by atoms with E-state index in [1.165, 1.54) is 12.1 Å². The van der Waals surface area contributed by atoms with Gasteiger partial charge < -0.3 is 24.4 Å². The van der Waals surface area contributed by atoms with Crippen molar-refractivity contribution in [2.45, 2.75) is 30.3 Å². The van der Waals surface area contributed by atoms with Gasteiger partial charge in [-0.25, -0.2) is 0 Å². The van der Waals surface area contributed by atoms with E-state index in [0.717, 1.165) is 66.5 Å². The van der Waals surface area contributed by atoms with E-state index in [4.69, 9.17) is 14.2 Å². The Morgan fingerprint density at radius 3 is 2.50 bits per heavy atom. The van der Waals surface area contributed by atoms with Crippen molar-refractivity contribution in [3.63, 3.8) is 0 Å². The summed E-state index contributed by atoms with van der Waals surface area (Å²) in [4.78, 5) is 2.29. The van der Waals surface area contributed by atoms with Gasteiger partial charge in [0.25, 0.3) is 10.1 Å². The van der Waals surface area contributed by atoms with Gasteiger partial charge in [0.2, 0.25) is 0 Å². The van der Waals surface area contributed by atoms with Crippen LogP contribution in [0.4, 0.5) is 5.69 Å². The molecule has 0 saturated carbocycles. The van der Waals surface area contributed by atoms with Gasteiger partial charge in [-0.05, 0) is 61.2 Å². The van der Waals surface area contributed by atoms with E-state index in [1.54, 1.807) is 19.2 Å². The summed E-state index contributed by atoms with van der Waals surface area (Å²) in [7, 11) is -2.49. The fourth-order valence-corrected chi connectivity index (χ4v) is 5.63. The Hall–Kier alpha value is -3.27. The highest BCUT2D eigenvalue weighted by Gasteiger charge is 2.25. The van der Waals surface area contributed by atoms with Crippen LogP contribution in [0.5, 0.6) is 17.2 Å². The molecule has 0 aliphatic carbocycles. The van der Waals surface area contributed by atoms with E-state index in [-0.39, 0.29) is 11.0 Å². The van der Waals surface area contributed by atoms with Gasteiger partial charge in [-0.3, -0.25) is 4.55 Å². The average Bonchev–Trinajstić information content (AvgIpc) is 2.93. The quantitative estimate of drug-likeness (QED) is 0.392. The third kappa shape index (κ3) is 6.23. The van der Waals surface area contributed by atoms with Crippen LogP contribution in [0.25, 0.3) is 0 Å². The van der Waals surface area contributed by atoms with Crippen molar-refractivity contribution in [1.82, 2.24) is 5.32 Å². The summed E-state index contributed by atoms with van der Waals surface area (Å²) in [5.74, 6) is 2.99. The Labute approximate surface area is 224 Å². The summed E-state index contributed by atoms with van der Waals surface area (Å²) < 4.78 is 49.8. The SMILES string of the molecule is COc1ccccc1N1CCC(CNCC2COc3cccc(Cc4ccc(S(=O)(=O)O)cc4)c3O2)CC1. The molecule has 0 spiro atoms. The Morgan fingerprint density at radius 1 is 1.00 bits per heavy atom. The first-order valence-electron chi connectivity index (χ1n) is 13.0. The van der Waals surface area contributed by atoms with Crippen molar-refractivity contribution < 1.29 is 27.2 Å². The first kappa shape index (κ1) is 26.3. The Morgan fingerprint density at radius 2 is 1.76 bits per heavy atom. The molecule has 9 heteroatoms. The molecular weight excluding hydrogens is 504 g/mol. The number of hydrogen-bond acceptors (Lipinski definition) is 7. The fourth-order valence-electron chi connectivity index (χ4n) is 5.15. The first-order valence-corrected chi connectivity index (χ1v) is 14.4. The van der Waals surface area contributed by atoms with Crippen LogP contribution in [0.15, 0.2) is 71.6 Å². The number of nitrogens with one attached hydrogen (secondary N) is 1. The number of piperidine rings is 1. The molecule has 0 aromatic heterocycles. The molecule has 1 fully saturated rings. The molecular formula is C29H34N2O6S. The van der Waals surface area contributed by atoms with Crippen LogP contribution in [0.1, 0.15) is 24.0 Å². The zero-order valence-corrected chi connectivity index (χ0v) is 22.3. The smallest absolute Gasteiger partial charge is 0.294 e. The number of benzene rings is 3. The minimum Gasteiger partial charge on any atom is -0.495 e. The first-order chi connectivity index (χ1) is 18.4. The van der Waals surface area contributed by atoms with Crippen molar-refractivity contribution in [3.05, 3.63) is 77.9 Å². The summed E-state index contributed by atoms with van der Waals surface area (Å²) in [6.45, 7) is 4.14. The molecule has 3 aromatic carbocycles. The zero-order chi connectivity index (χ0) is 26.5. The van der Waals surface area contributed by atoms with Crippen LogP contribution in [-0.4, -0.2) is 59.0 Å². The van der Waals surface area contributed by atoms with Crippen LogP contribution in [0.3, 0.4) is 0 Å². The molecule has 1 saturated heterocycles. The minimum atomic E-state index is -4.21. The summed E-state index contributed by atoms with van der Waals surface area (Å²) >= 11 is 0. The van der Waals surface area contributed by atoms with Gasteiger partial charge in [-0.1, -0.05) is 36.4 Å². The van der Waals surface area contributed by atoms with E-state index >= 15 is 0 Å². The number of nitrogens with zero attached hydrogens (tertiary/aromatic N) is 1. The molecule has 3 aromatic rings. The number of rotatable bonds is 9. The predicted octanol–water partition coefficient (Wildman–Crippen LogP) is 4.18. The average molecular weight is 539 g/mol. The predicted molar refractivity (Wildman–Crippen MR) is 146 cm³/mol. The highest BCUT2D eigenvalue weighted by atomic mass is 32.2. The van der Waals surface area contributed by atoms with Crippen LogP contribution in [0.2, 0.25) is 0 Å². The number of hydrogen-bond donors (Lipinski definition) is 2. The van der Waals surface area contributed by atoms with Gasteiger partial charge in [-0.15, -0.1) is 0 Å². The monoisotopic (exact) mass is 538 g/mol. The minimum absolute atomic E-state index is 0.0979. The molecule has 2 aliphatic heterocycles. The normalized spacial score (nSPS) is 17.8. The fraction of sp³-hybridized carbons (Fsp3) is 0.379. The molecule has 1 atom stereocenters. The van der Waals surface area contributed by atoms with Crippen LogP contribution < -0.4 is 24.4 Å². The van der Waals surface area contributed by atoms with E-state index in [0.29, 0.717) is 25.5 Å². The molecule has 0 amide bonds. The highest BCUT2D eigenvalue weighted by molar-refractivity contribution is 7.85. The number of fused-ring (bicyclic) bond motifs is 1. The lowest BCUT2D eigenvalue weighted by Gasteiger charge is -2.35. The lowest BCUT2D eigenvalue weighted by molar-refractivity contribution is 0.0882. The summed E-state index contributed by atoms with van der Waals surface area (Å²) in [6, 6.07) is 20.2. The lowest BCUT2D eigenvalue weighted by Crippen LogP contribution is -2.42. The molecule has 0 bridgehead atoms. The molecule has 202 valence electrons. The largest absolute Gasteiger partial charge is 0.495 e. The molecule has 1 unspecified atom stereocenters. The third-order valence-electron chi connectivity index (χ3n) is 7.23. The Kier molecular flexibility index (Phi) is 8.06. The highest BCUT2D eigenvalue weighted by Crippen LogP contribution is 2.36. The summed E-state index contributed by atoms with van der Waals surface area (Å²) in [6.07, 6.45) is 2.70. The molecule has 8 nitrogen and oxygen atoms in total. The number of para-hydroxylation sites is 3. The maximum absolute atomic E-state index is 11.3. The number of anilines is 1. The molecule has 5 rings (SSSR count). The van der Waals surface area contributed by atoms with Crippen molar-refractivity contribution in [1.29, 1.82) is 0 Å². The van der Waals surface area contributed by atoms with E-state index < -0.39 is 10.1 Å². The summed E-state index contributed by atoms with van der Waals surface area (Å²) in [5.41, 5.74) is 3.04. The second-order valence-corrected chi connectivity index (χ2v) is 11.3. The molecule has 2 aliphatic rings. The van der Waals surface area contributed by atoms with Crippen LogP contribution in [0, 0.1) is 5.92 Å². The lowest BCUT2D eigenvalue weighted by atomic mass is 9.96. The molecule has 2 heterocycles. The Balaban J connectivity index is 1.12. The Bertz CT molecular complexity index is 1340. The van der Waals surface area contributed by atoms with Gasteiger partial charge in [0.05, 0.1) is 17.7 Å². The standard InChI is InChI=1S/C29H34N2O6S/c1-35-27-7-3-2-6-26(27)31-15-13-22(14-16-31)18-30-19-24-20-36-28-8-4-5-23(29(28)37-24)17-21-9-11-25(12-10-21)38(32,33)34/h2-12,22,24,30H,13-20H2,1H3,(H,32,33,34). The van der Waals surface area contributed by atoms with Crippen molar-refractivity contribution in [2.75, 3.05) is 44.8 Å². The van der Waals surface area contributed by atoms with Crippen LogP contribution in [-0.2, 0) is 16.5 Å². The van der Waals surface area contributed by atoms with Gasteiger partial charge in [-0.2, -0.15) is 8.42 Å². The third-order valence-corrected chi connectivity index (χ3v) is 8.10. The van der Waals surface area contributed by atoms with E-state index in [9.17, 15) is 13.0 Å². The second kappa shape index (κ2) is 11.6. The second-order valence-electron chi connectivity index (χ2n) is 9.85. The zero-order valence-electron chi connectivity index (χ0n) is 21.5. The van der Waals surface area contributed by atoms with Crippen LogP contribution >= 0.6 is 0 Å². The van der Waals surface area contributed by atoms with Crippen molar-refractivity contribution in [2.24, 2.45) is 5.92 Å². The topological polar surface area (TPSA) is 97.3 Å². The number of methoxy groups -OCH3 is 1. The molecule has 2 N–H and O–H groups in total. The van der Waals surface area contributed by atoms with Crippen molar-refractivity contribution >= 4 is 15.8 Å².